The number of rotatable bonds is 1. The van der Waals surface area contributed by atoms with Gasteiger partial charge in [-0.1, -0.05) is 12.1 Å². The van der Waals surface area contributed by atoms with E-state index in [0.717, 1.165) is 12.0 Å². The molecule has 3 rings (SSSR count). The number of aryl methyl sites for hydroxylation is 2. The van der Waals surface area contributed by atoms with Crippen molar-refractivity contribution in [2.45, 2.75) is 19.3 Å². The number of benzene rings is 1. The van der Waals surface area contributed by atoms with E-state index in [4.69, 9.17) is 18.0 Å². The van der Waals surface area contributed by atoms with E-state index in [-0.39, 0.29) is 4.77 Å². The molecule has 0 amide bonds. The van der Waals surface area contributed by atoms with Gasteiger partial charge in [0.25, 0.3) is 0 Å². The summed E-state index contributed by atoms with van der Waals surface area (Å²) < 4.78 is 0.275. The first kappa shape index (κ1) is 10.4. The van der Waals surface area contributed by atoms with Gasteiger partial charge in [-0.15, -0.1) is 0 Å². The average Bonchev–Trinajstić information content (AvgIpc) is 2.74. The zero-order chi connectivity index (χ0) is 11.8. The van der Waals surface area contributed by atoms with Crippen molar-refractivity contribution in [2.75, 3.05) is 5.73 Å². The molecule has 4 nitrogen and oxygen atoms in total. The second-order valence-corrected chi connectivity index (χ2v) is 4.57. The number of aromatic nitrogens is 3. The van der Waals surface area contributed by atoms with Crippen LogP contribution in [0.15, 0.2) is 18.2 Å². The monoisotopic (exact) mass is 244 g/mol. The maximum atomic E-state index is 5.64. The molecule has 0 radical (unpaired) electrons. The van der Waals surface area contributed by atoms with Crippen molar-refractivity contribution in [3.63, 3.8) is 0 Å². The Balaban J connectivity index is 2.12. The minimum atomic E-state index is 0.275. The number of nitrogen functional groups attached to an aromatic ring is 1. The van der Waals surface area contributed by atoms with Gasteiger partial charge in [0, 0.05) is 5.56 Å². The fourth-order valence-corrected chi connectivity index (χ4v) is 2.45. The maximum absolute atomic E-state index is 5.64. The van der Waals surface area contributed by atoms with Crippen LogP contribution in [-0.4, -0.2) is 15.0 Å². The summed E-state index contributed by atoms with van der Waals surface area (Å²) in [5, 5.41) is 0. The molecule has 0 saturated heterocycles. The van der Waals surface area contributed by atoms with Crippen LogP contribution in [0.4, 0.5) is 5.95 Å². The summed E-state index contributed by atoms with van der Waals surface area (Å²) in [5.41, 5.74) is 9.50. The molecule has 0 fully saturated rings. The van der Waals surface area contributed by atoms with Gasteiger partial charge in [-0.2, -0.15) is 4.98 Å². The first-order valence-corrected chi connectivity index (χ1v) is 5.99. The summed E-state index contributed by atoms with van der Waals surface area (Å²) in [7, 11) is 0. The third kappa shape index (κ3) is 1.93. The molecule has 3 N–H and O–H groups in total. The number of nitrogens with one attached hydrogen (secondary N) is 1. The molecule has 5 heteroatoms. The molecule has 17 heavy (non-hydrogen) atoms. The summed E-state index contributed by atoms with van der Waals surface area (Å²) in [6, 6.07) is 6.37. The molecular formula is C12H12N4S. The minimum Gasteiger partial charge on any atom is -0.369 e. The number of hydrogen-bond donors (Lipinski definition) is 2. The number of nitrogens with zero attached hydrogens (tertiary/aromatic N) is 2. The van der Waals surface area contributed by atoms with Crippen LogP contribution in [0, 0.1) is 4.77 Å². The van der Waals surface area contributed by atoms with Gasteiger partial charge in [0.2, 0.25) is 10.7 Å². The largest absolute Gasteiger partial charge is 0.369 e. The van der Waals surface area contributed by atoms with Gasteiger partial charge in [0.1, 0.15) is 5.82 Å². The molecule has 1 aromatic heterocycles. The van der Waals surface area contributed by atoms with E-state index >= 15 is 0 Å². The Morgan fingerprint density at radius 3 is 2.82 bits per heavy atom. The number of aromatic amines is 1. The topological polar surface area (TPSA) is 67.6 Å². The van der Waals surface area contributed by atoms with E-state index in [0.29, 0.717) is 11.8 Å². The molecule has 1 aliphatic rings. The number of H-pyrrole nitrogens is 1. The zero-order valence-corrected chi connectivity index (χ0v) is 10.0. The normalized spacial score (nSPS) is 13.6. The van der Waals surface area contributed by atoms with Crippen molar-refractivity contribution >= 4 is 18.2 Å². The van der Waals surface area contributed by atoms with E-state index in [9.17, 15) is 0 Å². The highest BCUT2D eigenvalue weighted by molar-refractivity contribution is 7.71. The van der Waals surface area contributed by atoms with E-state index in [2.05, 4.69) is 33.2 Å². The Bertz CT molecular complexity index is 633. The highest BCUT2D eigenvalue weighted by atomic mass is 32.1. The van der Waals surface area contributed by atoms with E-state index in [1.807, 2.05) is 0 Å². The van der Waals surface area contributed by atoms with Crippen LogP contribution in [0.5, 0.6) is 0 Å². The van der Waals surface area contributed by atoms with E-state index in [1.165, 1.54) is 24.0 Å². The Labute approximate surface area is 104 Å². The SMILES string of the molecule is Nc1nc(=S)nc(-c2ccc3c(c2)CCC3)[nH]1. The molecule has 0 atom stereocenters. The van der Waals surface area contributed by atoms with Crippen LogP contribution in [0.2, 0.25) is 0 Å². The first-order chi connectivity index (χ1) is 8.22. The molecule has 2 aromatic rings. The highest BCUT2D eigenvalue weighted by Crippen LogP contribution is 2.26. The van der Waals surface area contributed by atoms with E-state index < -0.39 is 0 Å². The third-order valence-corrected chi connectivity index (χ3v) is 3.22. The van der Waals surface area contributed by atoms with Gasteiger partial charge < -0.3 is 10.7 Å². The van der Waals surface area contributed by atoms with Crippen molar-refractivity contribution in [2.24, 2.45) is 0 Å². The molecular weight excluding hydrogens is 232 g/mol. The van der Waals surface area contributed by atoms with Crippen LogP contribution < -0.4 is 5.73 Å². The second kappa shape index (κ2) is 3.92. The summed E-state index contributed by atoms with van der Waals surface area (Å²) >= 11 is 4.96. The van der Waals surface area contributed by atoms with Crippen molar-refractivity contribution < 1.29 is 0 Å². The summed E-state index contributed by atoms with van der Waals surface area (Å²) in [4.78, 5) is 11.0. The lowest BCUT2D eigenvalue weighted by atomic mass is 10.1. The summed E-state index contributed by atoms with van der Waals surface area (Å²) in [6.45, 7) is 0. The standard InChI is InChI=1S/C12H12N4S/c13-11-14-10(15-12(17)16-11)9-5-4-7-2-1-3-8(7)6-9/h4-6H,1-3H2,(H3,13,14,15,16,17). The van der Waals surface area contributed by atoms with Gasteiger partial charge in [-0.25, -0.2) is 4.98 Å². The Morgan fingerprint density at radius 1 is 1.18 bits per heavy atom. The summed E-state index contributed by atoms with van der Waals surface area (Å²) in [6.07, 6.45) is 3.56. The zero-order valence-electron chi connectivity index (χ0n) is 9.23. The van der Waals surface area contributed by atoms with Crippen molar-refractivity contribution in [1.29, 1.82) is 0 Å². The average molecular weight is 244 g/mol. The molecule has 0 spiro atoms. The van der Waals surface area contributed by atoms with E-state index in [1.54, 1.807) is 0 Å². The van der Waals surface area contributed by atoms with Gasteiger partial charge in [0.15, 0.2) is 0 Å². The maximum Gasteiger partial charge on any atom is 0.224 e. The first-order valence-electron chi connectivity index (χ1n) is 5.58. The molecule has 86 valence electrons. The molecule has 0 saturated carbocycles. The number of anilines is 1. The van der Waals surface area contributed by atoms with Crippen LogP contribution in [0.25, 0.3) is 11.4 Å². The summed E-state index contributed by atoms with van der Waals surface area (Å²) in [5.74, 6) is 0.998. The van der Waals surface area contributed by atoms with Gasteiger partial charge >= 0.3 is 0 Å². The highest BCUT2D eigenvalue weighted by Gasteiger charge is 2.12. The molecule has 1 heterocycles. The van der Waals surface area contributed by atoms with Crippen molar-refractivity contribution in [3.05, 3.63) is 34.1 Å². The smallest absolute Gasteiger partial charge is 0.224 e. The Morgan fingerprint density at radius 2 is 2.00 bits per heavy atom. The number of hydrogen-bond acceptors (Lipinski definition) is 4. The van der Waals surface area contributed by atoms with Gasteiger partial charge in [0.05, 0.1) is 0 Å². The molecule has 0 aliphatic heterocycles. The molecule has 0 unspecified atom stereocenters. The predicted octanol–water partition coefficient (Wildman–Crippen LogP) is 2.27. The molecule has 1 aromatic carbocycles. The Hall–Kier alpha value is -1.75. The van der Waals surface area contributed by atoms with Crippen molar-refractivity contribution in [1.82, 2.24) is 15.0 Å². The molecule has 1 aliphatic carbocycles. The fraction of sp³-hybridized carbons (Fsp3) is 0.250. The number of nitrogens with two attached hydrogens (primary N) is 1. The lowest BCUT2D eigenvalue weighted by Crippen LogP contribution is -2.00. The minimum absolute atomic E-state index is 0.275. The van der Waals surface area contributed by atoms with Crippen LogP contribution in [0.3, 0.4) is 0 Å². The van der Waals surface area contributed by atoms with Crippen LogP contribution in [0.1, 0.15) is 17.5 Å². The number of fused-ring (bicyclic) bond motifs is 1. The predicted molar refractivity (Wildman–Crippen MR) is 69.1 cm³/mol. The fourth-order valence-electron chi connectivity index (χ4n) is 2.26. The lowest BCUT2D eigenvalue weighted by molar-refractivity contribution is 0.912. The Kier molecular flexibility index (Phi) is 2.40. The lowest BCUT2D eigenvalue weighted by Gasteiger charge is -2.05. The third-order valence-electron chi connectivity index (χ3n) is 3.04. The van der Waals surface area contributed by atoms with Crippen LogP contribution >= 0.6 is 12.2 Å². The van der Waals surface area contributed by atoms with Gasteiger partial charge in [-0.05, 0) is 48.7 Å². The van der Waals surface area contributed by atoms with Crippen LogP contribution in [-0.2, 0) is 12.8 Å². The van der Waals surface area contributed by atoms with Crippen molar-refractivity contribution in [3.8, 4) is 11.4 Å². The molecule has 0 bridgehead atoms. The quantitative estimate of drug-likeness (QED) is 0.755. The second-order valence-electron chi connectivity index (χ2n) is 4.20. The van der Waals surface area contributed by atoms with Gasteiger partial charge in [-0.3, -0.25) is 0 Å².